The summed E-state index contributed by atoms with van der Waals surface area (Å²) in [5, 5.41) is 11.5. The average molecular weight is 611 g/mol. The van der Waals surface area contributed by atoms with Gasteiger partial charge in [-0.25, -0.2) is 4.98 Å². The van der Waals surface area contributed by atoms with Crippen LogP contribution in [0.1, 0.15) is 66.5 Å². The lowest BCUT2D eigenvalue weighted by atomic mass is 9.80. The maximum atomic E-state index is 14.1. The number of carboxylic acid groups (broad SMARTS) is 1. The molecular weight excluding hydrogens is 564 g/mol. The minimum atomic E-state index is -0.796. The van der Waals surface area contributed by atoms with Crippen molar-refractivity contribution in [1.29, 1.82) is 0 Å². The number of hydrogen-bond acceptors (Lipinski definition) is 5. The Kier molecular flexibility index (Phi) is 9.52. The second-order valence-corrected chi connectivity index (χ2v) is 12.8. The summed E-state index contributed by atoms with van der Waals surface area (Å²) < 4.78 is 7.96. The number of piperazine rings is 1. The predicted octanol–water partition coefficient (Wildman–Crippen LogP) is 5.94. The molecule has 8 heteroatoms. The zero-order chi connectivity index (χ0) is 31.5. The molecule has 0 saturated carbocycles. The Balaban J connectivity index is 1.30. The number of carboxylic acids is 1. The van der Waals surface area contributed by atoms with Crippen molar-refractivity contribution in [3.05, 3.63) is 76.5 Å². The summed E-state index contributed by atoms with van der Waals surface area (Å²) >= 11 is 0. The van der Waals surface area contributed by atoms with E-state index in [2.05, 4.69) is 70.7 Å². The van der Waals surface area contributed by atoms with Gasteiger partial charge in [0.25, 0.3) is 0 Å². The zero-order valence-electron chi connectivity index (χ0n) is 26.9. The van der Waals surface area contributed by atoms with Crippen molar-refractivity contribution in [2.75, 3.05) is 45.9 Å². The van der Waals surface area contributed by atoms with Crippen molar-refractivity contribution >= 4 is 33.8 Å². The highest BCUT2D eigenvalue weighted by Crippen LogP contribution is 2.36. The number of aromatic nitrogens is 2. The molecule has 0 spiro atoms. The van der Waals surface area contributed by atoms with Crippen LogP contribution in [0.2, 0.25) is 0 Å². The van der Waals surface area contributed by atoms with E-state index in [1.165, 1.54) is 0 Å². The summed E-state index contributed by atoms with van der Waals surface area (Å²) in [6.45, 7) is 13.0. The Labute approximate surface area is 266 Å². The van der Waals surface area contributed by atoms with Crippen LogP contribution in [0, 0.1) is 19.8 Å². The van der Waals surface area contributed by atoms with E-state index in [-0.39, 0.29) is 24.2 Å². The van der Waals surface area contributed by atoms with Crippen molar-refractivity contribution in [3.8, 4) is 0 Å². The lowest BCUT2D eigenvalue weighted by Crippen LogP contribution is -2.51. The van der Waals surface area contributed by atoms with E-state index in [4.69, 9.17) is 9.72 Å². The summed E-state index contributed by atoms with van der Waals surface area (Å²) in [6.07, 6.45) is 3.52. The first kappa shape index (κ1) is 31.2. The fraction of sp³-hybridized carbons (Fsp3) is 0.486. The standard InChI is InChI=1S/C37H46N4O4/c1-4-17-39-18-20-40(21-19-39)37(44)35(29-15-22-45-23-16-29)28-11-9-27(10-12-28)24-41-32-8-6-5-7-31(32)34-25(2)30(13-14-33(42)43)26(3)38-36(34)41/h5-12,29,35H,4,13-24H2,1-3H3,(H,42,43)/t35-/m1/s1. The van der Waals surface area contributed by atoms with Crippen molar-refractivity contribution in [3.63, 3.8) is 0 Å². The molecule has 2 fully saturated rings. The van der Waals surface area contributed by atoms with Gasteiger partial charge < -0.3 is 19.3 Å². The fourth-order valence-electron chi connectivity index (χ4n) is 7.57. The normalized spacial score (nSPS) is 17.3. The van der Waals surface area contributed by atoms with Crippen LogP contribution in [0.15, 0.2) is 48.5 Å². The van der Waals surface area contributed by atoms with Crippen LogP contribution in [0.3, 0.4) is 0 Å². The molecule has 0 unspecified atom stereocenters. The lowest BCUT2D eigenvalue weighted by molar-refractivity contribution is -0.137. The number of carbonyl (C=O) groups excluding carboxylic acids is 1. The van der Waals surface area contributed by atoms with Gasteiger partial charge in [-0.3, -0.25) is 14.5 Å². The third-order valence-electron chi connectivity index (χ3n) is 9.98. The van der Waals surface area contributed by atoms with Crippen molar-refractivity contribution in [2.24, 2.45) is 5.92 Å². The summed E-state index contributed by atoms with van der Waals surface area (Å²) in [6, 6.07) is 17.1. The SMILES string of the molecule is CCCN1CCN(C(=O)[C@H](c2ccc(Cn3c4ccccc4c4c(C)c(CCC(=O)O)c(C)nc43)cc2)C2CCOCC2)CC1. The van der Waals surface area contributed by atoms with Crippen molar-refractivity contribution in [1.82, 2.24) is 19.4 Å². The predicted molar refractivity (Wildman–Crippen MR) is 178 cm³/mol. The Hall–Kier alpha value is -3.75. The van der Waals surface area contributed by atoms with Gasteiger partial charge in [0.1, 0.15) is 5.65 Å². The molecule has 1 N–H and O–H groups in total. The Bertz CT molecular complexity index is 1660. The van der Waals surface area contributed by atoms with Crippen molar-refractivity contribution in [2.45, 2.75) is 65.3 Å². The molecule has 0 aliphatic carbocycles. The molecule has 2 aromatic carbocycles. The summed E-state index contributed by atoms with van der Waals surface area (Å²) in [5.74, 6) is -0.393. The van der Waals surface area contributed by atoms with Gasteiger partial charge in [0.2, 0.25) is 5.91 Å². The first-order valence-electron chi connectivity index (χ1n) is 16.6. The number of carbonyl (C=O) groups is 2. The number of amides is 1. The molecule has 6 rings (SSSR count). The van der Waals surface area contributed by atoms with Gasteiger partial charge in [-0.15, -0.1) is 0 Å². The molecular formula is C37H46N4O4. The molecule has 2 aliphatic heterocycles. The van der Waals surface area contributed by atoms with Crippen LogP contribution in [0.5, 0.6) is 0 Å². The molecule has 0 radical (unpaired) electrons. The highest BCUT2D eigenvalue weighted by Gasteiger charge is 2.35. The number of rotatable bonds is 10. The number of para-hydroxylation sites is 1. The first-order chi connectivity index (χ1) is 21.9. The van der Waals surface area contributed by atoms with Crippen molar-refractivity contribution < 1.29 is 19.4 Å². The molecule has 2 aliphatic rings. The number of aryl methyl sites for hydroxylation is 2. The van der Waals surface area contributed by atoms with Crippen LogP contribution in [0.25, 0.3) is 21.9 Å². The molecule has 4 aromatic rings. The minimum absolute atomic E-state index is 0.0896. The molecule has 8 nitrogen and oxygen atoms in total. The number of fused-ring (bicyclic) bond motifs is 3. The molecule has 2 saturated heterocycles. The molecule has 1 atom stereocenters. The number of ether oxygens (including phenoxy) is 1. The van der Waals surface area contributed by atoms with E-state index < -0.39 is 5.97 Å². The topological polar surface area (TPSA) is 87.9 Å². The second kappa shape index (κ2) is 13.7. The van der Waals surface area contributed by atoms with Crippen LogP contribution >= 0.6 is 0 Å². The molecule has 2 aromatic heterocycles. The summed E-state index contributed by atoms with van der Waals surface area (Å²) in [7, 11) is 0. The second-order valence-electron chi connectivity index (χ2n) is 12.8. The maximum absolute atomic E-state index is 14.1. The number of hydrogen-bond donors (Lipinski definition) is 1. The van der Waals surface area contributed by atoms with E-state index in [1.807, 2.05) is 13.0 Å². The number of pyridine rings is 1. The van der Waals surface area contributed by atoms with E-state index in [0.29, 0.717) is 26.2 Å². The van der Waals surface area contributed by atoms with Gasteiger partial charge in [0, 0.05) is 68.8 Å². The molecule has 1 amide bonds. The van der Waals surface area contributed by atoms with Gasteiger partial charge in [0.05, 0.1) is 11.4 Å². The smallest absolute Gasteiger partial charge is 0.303 e. The van der Waals surface area contributed by atoms with E-state index in [1.54, 1.807) is 0 Å². The van der Waals surface area contributed by atoms with Gasteiger partial charge >= 0.3 is 5.97 Å². The minimum Gasteiger partial charge on any atom is -0.481 e. The molecule has 45 heavy (non-hydrogen) atoms. The quantitative estimate of drug-likeness (QED) is 0.239. The van der Waals surface area contributed by atoms with Crippen LogP contribution in [-0.4, -0.2) is 82.3 Å². The molecule has 238 valence electrons. The van der Waals surface area contributed by atoms with Crippen LogP contribution in [-0.2, 0) is 27.3 Å². The van der Waals surface area contributed by atoms with E-state index in [9.17, 15) is 14.7 Å². The largest absolute Gasteiger partial charge is 0.481 e. The summed E-state index contributed by atoms with van der Waals surface area (Å²) in [5.41, 5.74) is 7.30. The average Bonchev–Trinajstić information content (AvgIpc) is 3.35. The molecule has 4 heterocycles. The summed E-state index contributed by atoms with van der Waals surface area (Å²) in [4.78, 5) is 35.0. The number of benzene rings is 2. The lowest BCUT2D eigenvalue weighted by Gasteiger charge is -2.39. The van der Waals surface area contributed by atoms with E-state index >= 15 is 0 Å². The van der Waals surface area contributed by atoms with Crippen LogP contribution in [0.4, 0.5) is 0 Å². The third-order valence-corrected chi connectivity index (χ3v) is 9.98. The fourth-order valence-corrected chi connectivity index (χ4v) is 7.57. The Morgan fingerprint density at radius 1 is 1.00 bits per heavy atom. The van der Waals surface area contributed by atoms with Gasteiger partial charge in [-0.1, -0.05) is 49.4 Å². The maximum Gasteiger partial charge on any atom is 0.303 e. The van der Waals surface area contributed by atoms with Gasteiger partial charge in [-0.05, 0) is 80.3 Å². The number of nitrogens with zero attached hydrogens (tertiary/aromatic N) is 4. The number of aliphatic carboxylic acids is 1. The molecule has 0 bridgehead atoms. The highest BCUT2D eigenvalue weighted by molar-refractivity contribution is 6.08. The Morgan fingerprint density at radius 2 is 1.71 bits per heavy atom. The van der Waals surface area contributed by atoms with Crippen LogP contribution < -0.4 is 0 Å². The Morgan fingerprint density at radius 3 is 2.40 bits per heavy atom. The third kappa shape index (κ3) is 6.49. The van der Waals surface area contributed by atoms with Gasteiger partial charge in [-0.2, -0.15) is 0 Å². The zero-order valence-corrected chi connectivity index (χ0v) is 26.9. The first-order valence-corrected chi connectivity index (χ1v) is 16.6. The van der Waals surface area contributed by atoms with E-state index in [0.717, 1.165) is 102 Å². The monoisotopic (exact) mass is 610 g/mol. The highest BCUT2D eigenvalue weighted by atomic mass is 16.5. The van der Waals surface area contributed by atoms with Gasteiger partial charge in [0.15, 0.2) is 0 Å².